The van der Waals surface area contributed by atoms with Crippen LogP contribution in [0.25, 0.3) is 0 Å². The Hall–Kier alpha value is -2.30. The SMILES string of the molecule is COC(=O)CNC(=O)CNC(=O)CNC(=O)[C@H](CCSC)NC(=O)C(C)C. The Morgan fingerprint density at radius 3 is 1.96 bits per heavy atom. The van der Waals surface area contributed by atoms with Crippen LogP contribution >= 0.6 is 11.8 Å². The van der Waals surface area contributed by atoms with Gasteiger partial charge in [-0.05, 0) is 18.4 Å². The van der Waals surface area contributed by atoms with Crippen molar-refractivity contribution in [1.82, 2.24) is 21.3 Å². The molecule has 0 aromatic carbocycles. The average Bonchev–Trinajstić information content (AvgIpc) is 2.65. The molecule has 0 aromatic rings. The highest BCUT2D eigenvalue weighted by Crippen LogP contribution is 2.03. The minimum Gasteiger partial charge on any atom is -0.468 e. The molecule has 0 fully saturated rings. The largest absolute Gasteiger partial charge is 0.468 e. The van der Waals surface area contributed by atoms with E-state index in [-0.39, 0.29) is 31.5 Å². The molecule has 0 aromatic heterocycles. The van der Waals surface area contributed by atoms with Crippen molar-refractivity contribution in [3.05, 3.63) is 0 Å². The monoisotopic (exact) mass is 404 g/mol. The van der Waals surface area contributed by atoms with Gasteiger partial charge >= 0.3 is 5.97 Å². The third-order valence-electron chi connectivity index (χ3n) is 3.29. The Morgan fingerprint density at radius 1 is 0.889 bits per heavy atom. The molecule has 0 aliphatic rings. The van der Waals surface area contributed by atoms with Gasteiger partial charge in [0.25, 0.3) is 0 Å². The van der Waals surface area contributed by atoms with Crippen molar-refractivity contribution >= 4 is 41.4 Å². The fraction of sp³-hybridized carbons (Fsp3) is 0.688. The number of thioether (sulfide) groups is 1. The summed E-state index contributed by atoms with van der Waals surface area (Å²) in [6.45, 7) is 2.46. The van der Waals surface area contributed by atoms with Crippen LogP contribution in [0.1, 0.15) is 20.3 Å². The molecule has 11 heteroatoms. The quantitative estimate of drug-likeness (QED) is 0.287. The molecule has 0 saturated heterocycles. The zero-order valence-electron chi connectivity index (χ0n) is 16.0. The second-order valence-electron chi connectivity index (χ2n) is 5.84. The van der Waals surface area contributed by atoms with Gasteiger partial charge in [-0.15, -0.1) is 0 Å². The molecule has 4 N–H and O–H groups in total. The molecule has 0 aliphatic carbocycles. The molecule has 0 saturated carbocycles. The van der Waals surface area contributed by atoms with E-state index in [2.05, 4.69) is 26.0 Å². The zero-order valence-corrected chi connectivity index (χ0v) is 16.9. The lowest BCUT2D eigenvalue weighted by molar-refractivity contribution is -0.141. The van der Waals surface area contributed by atoms with Crippen LogP contribution in [0, 0.1) is 5.92 Å². The van der Waals surface area contributed by atoms with E-state index < -0.39 is 29.7 Å². The van der Waals surface area contributed by atoms with Gasteiger partial charge in [-0.3, -0.25) is 24.0 Å². The highest BCUT2D eigenvalue weighted by Gasteiger charge is 2.22. The van der Waals surface area contributed by atoms with Gasteiger partial charge in [-0.25, -0.2) is 0 Å². The van der Waals surface area contributed by atoms with Crippen molar-refractivity contribution in [2.45, 2.75) is 26.3 Å². The maximum absolute atomic E-state index is 12.2. The standard InChI is InChI=1S/C16H28N4O6S/c1-10(2)15(24)20-11(5-6-27-4)16(25)19-8-13(22)17-7-12(21)18-9-14(23)26-3/h10-11H,5-9H2,1-4H3,(H,17,22)(H,18,21)(H,19,25)(H,20,24)/t11-/m0/s1. The third-order valence-corrected chi connectivity index (χ3v) is 3.94. The Kier molecular flexibility index (Phi) is 12.7. The Bertz CT molecular complexity index is 541. The molecule has 0 radical (unpaired) electrons. The van der Waals surface area contributed by atoms with Crippen LogP contribution in [0.15, 0.2) is 0 Å². The van der Waals surface area contributed by atoms with E-state index in [1.54, 1.807) is 13.8 Å². The molecule has 0 unspecified atom stereocenters. The number of esters is 1. The second kappa shape index (κ2) is 13.8. The summed E-state index contributed by atoms with van der Waals surface area (Å²) in [5.74, 6) is -2.06. The van der Waals surface area contributed by atoms with Crippen molar-refractivity contribution in [1.29, 1.82) is 0 Å². The zero-order chi connectivity index (χ0) is 20.8. The van der Waals surface area contributed by atoms with Crippen LogP contribution < -0.4 is 21.3 Å². The van der Waals surface area contributed by atoms with Crippen LogP contribution in [0.5, 0.6) is 0 Å². The number of ether oxygens (including phenoxy) is 1. The van der Waals surface area contributed by atoms with Crippen molar-refractivity contribution in [3.8, 4) is 0 Å². The smallest absolute Gasteiger partial charge is 0.325 e. The maximum atomic E-state index is 12.2. The molecule has 0 heterocycles. The summed E-state index contributed by atoms with van der Waals surface area (Å²) in [6, 6.07) is -0.733. The van der Waals surface area contributed by atoms with Crippen LogP contribution in [0.3, 0.4) is 0 Å². The topological polar surface area (TPSA) is 143 Å². The van der Waals surface area contributed by atoms with Gasteiger partial charge in [0, 0.05) is 5.92 Å². The van der Waals surface area contributed by atoms with Crippen molar-refractivity contribution < 1.29 is 28.7 Å². The molecular formula is C16H28N4O6S. The molecule has 154 valence electrons. The Labute approximate surface area is 162 Å². The van der Waals surface area contributed by atoms with Gasteiger partial charge in [0.2, 0.25) is 23.6 Å². The van der Waals surface area contributed by atoms with E-state index >= 15 is 0 Å². The van der Waals surface area contributed by atoms with Gasteiger partial charge in [-0.1, -0.05) is 13.8 Å². The van der Waals surface area contributed by atoms with E-state index in [4.69, 9.17) is 0 Å². The van der Waals surface area contributed by atoms with Gasteiger partial charge in [0.1, 0.15) is 12.6 Å². The predicted octanol–water partition coefficient (Wildman–Crippen LogP) is -1.60. The molecule has 0 spiro atoms. The van der Waals surface area contributed by atoms with E-state index in [1.807, 2.05) is 6.26 Å². The van der Waals surface area contributed by atoms with Crippen LogP contribution in [-0.4, -0.2) is 74.4 Å². The fourth-order valence-electron chi connectivity index (χ4n) is 1.68. The van der Waals surface area contributed by atoms with E-state index in [1.165, 1.54) is 18.9 Å². The molecule has 0 rings (SSSR count). The Morgan fingerprint density at radius 2 is 1.44 bits per heavy atom. The van der Waals surface area contributed by atoms with Crippen molar-refractivity contribution in [2.24, 2.45) is 5.92 Å². The summed E-state index contributed by atoms with van der Waals surface area (Å²) >= 11 is 1.54. The average molecular weight is 404 g/mol. The number of hydrogen-bond acceptors (Lipinski definition) is 7. The van der Waals surface area contributed by atoms with Gasteiger partial charge in [-0.2, -0.15) is 11.8 Å². The number of rotatable bonds is 12. The van der Waals surface area contributed by atoms with E-state index in [0.717, 1.165) is 0 Å². The fourth-order valence-corrected chi connectivity index (χ4v) is 2.15. The molecule has 0 bridgehead atoms. The third kappa shape index (κ3) is 11.8. The second-order valence-corrected chi connectivity index (χ2v) is 6.83. The number of methoxy groups -OCH3 is 1. The molecule has 27 heavy (non-hydrogen) atoms. The first kappa shape index (κ1) is 24.7. The van der Waals surface area contributed by atoms with Crippen molar-refractivity contribution in [2.75, 3.05) is 38.8 Å². The molecule has 0 aliphatic heterocycles. The highest BCUT2D eigenvalue weighted by atomic mass is 32.2. The number of hydrogen-bond donors (Lipinski definition) is 4. The van der Waals surface area contributed by atoms with E-state index in [0.29, 0.717) is 12.2 Å². The summed E-state index contributed by atoms with van der Waals surface area (Å²) < 4.78 is 4.36. The molecule has 4 amide bonds. The lowest BCUT2D eigenvalue weighted by Gasteiger charge is -2.19. The number of carbonyl (C=O) groups excluding carboxylic acids is 5. The number of nitrogens with one attached hydrogen (secondary N) is 4. The normalized spacial score (nSPS) is 11.3. The van der Waals surface area contributed by atoms with E-state index in [9.17, 15) is 24.0 Å². The van der Waals surface area contributed by atoms with Crippen LogP contribution in [0.4, 0.5) is 0 Å². The van der Waals surface area contributed by atoms with Gasteiger partial charge in [0.05, 0.1) is 20.2 Å². The first-order valence-corrected chi connectivity index (χ1v) is 9.77. The maximum Gasteiger partial charge on any atom is 0.325 e. The highest BCUT2D eigenvalue weighted by molar-refractivity contribution is 7.98. The van der Waals surface area contributed by atoms with Crippen LogP contribution in [0.2, 0.25) is 0 Å². The van der Waals surface area contributed by atoms with Crippen molar-refractivity contribution in [3.63, 3.8) is 0 Å². The molecule has 1 atom stereocenters. The number of amides is 4. The lowest BCUT2D eigenvalue weighted by Crippen LogP contribution is -2.50. The lowest BCUT2D eigenvalue weighted by atomic mass is 10.1. The summed E-state index contributed by atoms with van der Waals surface area (Å²) in [5.41, 5.74) is 0. The first-order valence-electron chi connectivity index (χ1n) is 8.38. The van der Waals surface area contributed by atoms with Crippen LogP contribution in [-0.2, 0) is 28.7 Å². The first-order chi connectivity index (χ1) is 12.7. The number of carbonyl (C=O) groups is 5. The summed E-state index contributed by atoms with van der Waals surface area (Å²) in [7, 11) is 1.19. The van der Waals surface area contributed by atoms with Gasteiger partial charge < -0.3 is 26.0 Å². The summed E-state index contributed by atoms with van der Waals surface area (Å²) in [6.07, 6.45) is 2.32. The van der Waals surface area contributed by atoms with Gasteiger partial charge in [0.15, 0.2) is 0 Å². The predicted molar refractivity (Wildman–Crippen MR) is 101 cm³/mol. The summed E-state index contributed by atoms with van der Waals surface area (Å²) in [4.78, 5) is 58.1. The Balaban J connectivity index is 4.32. The minimum absolute atomic E-state index is 0.247. The molecular weight excluding hydrogens is 376 g/mol. The summed E-state index contributed by atoms with van der Waals surface area (Å²) in [5, 5.41) is 9.67. The minimum atomic E-state index is -0.733. The molecule has 10 nitrogen and oxygen atoms in total.